The molecule has 0 atom stereocenters. The SMILES string of the molecule is CC(C)(C)[Si](C)(C)OCCCc1ccccc1.CC(C)(C)[Si](C)(C)OCCN(C(=O)Cc1ccc(C(=O)NO)s1)c1ccccc1.COC(=O)c1ccc(CC(=O)N(CCO[Si](C)(C)C(C)(C)C)c2ccccc2)s1.COC(=O)c1ccc(CC(=O)O)s1.O=C(NO)c1ccc(CC(=O)N(CCO)c2ccccc2)s1.OCCCc1ccccc1. The zero-order chi connectivity index (χ0) is 89.3. The normalized spacial score (nSPS) is 11.3. The fourth-order valence-corrected chi connectivity index (χ4v) is 17.0. The Morgan fingerprint density at radius 3 is 0.917 bits per heavy atom. The molecule has 0 fully saturated rings. The van der Waals surface area contributed by atoms with Gasteiger partial charge in [-0.3, -0.25) is 39.2 Å². The summed E-state index contributed by atoms with van der Waals surface area (Å²) in [5.74, 6) is -3.13. The van der Waals surface area contributed by atoms with Gasteiger partial charge in [-0.25, -0.2) is 20.5 Å². The van der Waals surface area contributed by atoms with Crippen molar-refractivity contribution in [3.63, 3.8) is 0 Å². The largest absolute Gasteiger partial charge is 0.481 e. The average Bonchev–Trinajstić information content (AvgIpc) is 1.57. The van der Waals surface area contributed by atoms with Crippen LogP contribution in [0.3, 0.4) is 0 Å². The van der Waals surface area contributed by atoms with Gasteiger partial charge in [0.25, 0.3) is 11.8 Å². The Hall–Kier alpha value is -8.97. The summed E-state index contributed by atoms with van der Waals surface area (Å²) < 4.78 is 27.9. The van der Waals surface area contributed by atoms with E-state index >= 15 is 0 Å². The number of carboxylic acid groups (broad SMARTS) is 1. The number of amides is 5. The molecule has 0 aliphatic carbocycles. The quantitative estimate of drug-likeness (QED) is 0.00661. The standard InChI is InChI=1S/C22H31NO4SSi.C21H30N2O4SSi.C15H16N2O4S.C15H26OSi.C9H12O.C8H8O4S/c1-22(2,3)29(5,6)27-15-14-23(17-10-8-7-9-11-17)20(24)16-18-12-13-19(28-18)21(25)26-4;1-21(2,3)29(4,5)27-14-13-23(16-9-7-6-8-10-16)19(24)15-17-11-12-18(28-17)20(25)22-26;18-9-8-17(11-4-2-1-3-5-11)14(19)10-12-6-7-13(22-12)15(20)16-21;1-15(2,3)17(4,5)16-13-9-12-14-10-7-6-8-11-14;10-8-4-7-9-5-2-1-3-6-9;1-12-8(11)6-3-2-5(13-6)4-7(9)10/h7-13H,14-16H2,1-6H3;6-12,26H,13-15H2,1-5H3,(H,22,25);1-7,18,21H,8-10H2,(H,16,20);6-8,10-11H,9,12-13H2,1-5H3;1-3,5-6,10H,4,7-8H2;2-3H,4H2,1H3,(H,9,10). The molecule has 0 aliphatic heterocycles. The predicted molar refractivity (Wildman–Crippen MR) is 490 cm³/mol. The number of hydrogen-bond acceptors (Lipinski definition) is 21. The number of aliphatic hydroxyl groups excluding tert-OH is 2. The molecule has 4 aromatic heterocycles. The van der Waals surface area contributed by atoms with E-state index in [1.807, 2.05) is 103 Å². The van der Waals surface area contributed by atoms with Crippen molar-refractivity contribution >= 4 is 135 Å². The number of anilines is 3. The van der Waals surface area contributed by atoms with Crippen molar-refractivity contribution in [3.05, 3.63) is 250 Å². The van der Waals surface area contributed by atoms with Crippen LogP contribution < -0.4 is 25.7 Å². The zero-order valence-corrected chi connectivity index (χ0v) is 78.7. The molecule has 120 heavy (non-hydrogen) atoms. The molecule has 23 nitrogen and oxygen atoms in total. The number of aliphatic carboxylic acids is 1. The molecule has 4 heterocycles. The molecule has 652 valence electrons. The highest BCUT2D eigenvalue weighted by Gasteiger charge is 2.39. The number of esters is 2. The lowest BCUT2D eigenvalue weighted by Gasteiger charge is -2.36. The summed E-state index contributed by atoms with van der Waals surface area (Å²) in [5.41, 5.74) is 8.27. The van der Waals surface area contributed by atoms with Gasteiger partial charge in [-0.1, -0.05) is 178 Å². The van der Waals surface area contributed by atoms with Gasteiger partial charge in [-0.05, 0) is 176 Å². The molecule has 0 radical (unpaired) electrons. The Balaban J connectivity index is 0.000000313. The zero-order valence-electron chi connectivity index (χ0n) is 72.4. The van der Waals surface area contributed by atoms with Crippen molar-refractivity contribution in [1.29, 1.82) is 0 Å². The number of hydroxylamine groups is 2. The topological polar surface area (TPSA) is 318 Å². The summed E-state index contributed by atoms with van der Waals surface area (Å²) in [6, 6.07) is 62.4. The van der Waals surface area contributed by atoms with Crippen LogP contribution in [-0.4, -0.2) is 165 Å². The number of rotatable bonds is 33. The van der Waals surface area contributed by atoms with Crippen molar-refractivity contribution < 1.29 is 86.8 Å². The third kappa shape index (κ3) is 36.4. The number of hydrogen-bond donors (Lipinski definition) is 7. The molecule has 0 aliphatic rings. The fourth-order valence-electron chi connectivity index (χ4n) is 10.3. The minimum Gasteiger partial charge on any atom is -0.481 e. The lowest BCUT2D eigenvalue weighted by atomic mass is 10.1. The van der Waals surface area contributed by atoms with Crippen LogP contribution in [0.2, 0.25) is 54.4 Å². The lowest BCUT2D eigenvalue weighted by molar-refractivity contribution is -0.136. The van der Waals surface area contributed by atoms with Crippen molar-refractivity contribution in [3.8, 4) is 0 Å². The highest BCUT2D eigenvalue weighted by atomic mass is 32.1. The number of aryl methyl sites for hydroxylation is 2. The number of thiophene rings is 4. The highest BCUT2D eigenvalue weighted by Crippen LogP contribution is 2.39. The van der Waals surface area contributed by atoms with Crippen LogP contribution in [0.25, 0.3) is 0 Å². The number of benzene rings is 5. The Kier molecular flexibility index (Phi) is 44.6. The van der Waals surface area contributed by atoms with Gasteiger partial charge in [0.15, 0.2) is 25.0 Å². The second-order valence-corrected chi connectivity index (χ2v) is 51.2. The number of para-hydroxylation sites is 3. The number of nitrogens with one attached hydrogen (secondary N) is 2. The van der Waals surface area contributed by atoms with Crippen molar-refractivity contribution in [2.24, 2.45) is 0 Å². The molecule has 0 spiro atoms. The number of methoxy groups -OCH3 is 2. The van der Waals surface area contributed by atoms with Crippen LogP contribution in [0.5, 0.6) is 0 Å². The Morgan fingerprint density at radius 2 is 0.633 bits per heavy atom. The minimum absolute atomic E-state index is 0.0201. The first-order valence-corrected chi connectivity index (χ1v) is 51.5. The van der Waals surface area contributed by atoms with Crippen molar-refractivity contribution in [2.75, 3.05) is 81.6 Å². The molecule has 0 saturated carbocycles. The molecular weight excluding hydrogens is 1650 g/mol. The van der Waals surface area contributed by atoms with Crippen LogP contribution in [-0.2, 0) is 80.5 Å². The van der Waals surface area contributed by atoms with Crippen molar-refractivity contribution in [2.45, 2.75) is 168 Å². The Morgan fingerprint density at radius 1 is 0.358 bits per heavy atom. The van der Waals surface area contributed by atoms with E-state index in [1.54, 1.807) is 75.4 Å². The van der Waals surface area contributed by atoms with Crippen LogP contribution >= 0.6 is 45.3 Å². The van der Waals surface area contributed by atoms with Crippen LogP contribution in [0.4, 0.5) is 17.1 Å². The average molecular weight is 1780 g/mol. The maximum Gasteiger partial charge on any atom is 0.348 e. The van der Waals surface area contributed by atoms with Crippen LogP contribution in [0.15, 0.2) is 200 Å². The number of carboxylic acids is 1. The molecule has 5 amide bonds. The van der Waals surface area contributed by atoms with Gasteiger partial charge in [-0.2, -0.15) is 0 Å². The number of aliphatic hydroxyl groups is 2. The Labute approximate surface area is 727 Å². The third-order valence-corrected chi connectivity index (χ3v) is 38.1. The summed E-state index contributed by atoms with van der Waals surface area (Å²) >= 11 is 4.77. The second-order valence-electron chi connectivity index (χ2n) is 32.1. The molecule has 0 unspecified atom stereocenters. The number of ether oxygens (including phenoxy) is 2. The van der Waals surface area contributed by atoms with Gasteiger partial charge < -0.3 is 52.8 Å². The number of carbonyl (C=O) groups excluding carboxylic acids is 7. The summed E-state index contributed by atoms with van der Waals surface area (Å²) in [6.45, 7) is 36.7. The first-order valence-electron chi connectivity index (χ1n) is 39.5. The summed E-state index contributed by atoms with van der Waals surface area (Å²) in [7, 11) is -2.68. The van der Waals surface area contributed by atoms with E-state index in [-0.39, 0.29) is 79.2 Å². The molecule has 30 heteroatoms. The fraction of sp³-hybridized carbons (Fsp3) is 0.400. The molecule has 9 rings (SSSR count). The van der Waals surface area contributed by atoms with Gasteiger partial charge in [0.1, 0.15) is 9.75 Å². The van der Waals surface area contributed by atoms with E-state index in [0.29, 0.717) is 66.3 Å². The van der Waals surface area contributed by atoms with Gasteiger partial charge in [0, 0.05) is 69.4 Å². The molecule has 0 bridgehead atoms. The van der Waals surface area contributed by atoms with Crippen LogP contribution in [0.1, 0.15) is 144 Å². The van der Waals surface area contributed by atoms with Gasteiger partial charge in [0.05, 0.1) is 69.5 Å². The van der Waals surface area contributed by atoms with E-state index in [9.17, 15) is 38.4 Å². The van der Waals surface area contributed by atoms with E-state index in [4.69, 9.17) is 43.7 Å². The first kappa shape index (κ1) is 103. The predicted octanol–water partition coefficient (Wildman–Crippen LogP) is 18.4. The monoisotopic (exact) mass is 1770 g/mol. The first-order chi connectivity index (χ1) is 56.6. The van der Waals surface area contributed by atoms with E-state index in [1.165, 1.54) is 52.9 Å². The van der Waals surface area contributed by atoms with E-state index in [0.717, 1.165) is 76.1 Å². The number of carbonyl (C=O) groups is 8. The van der Waals surface area contributed by atoms with Gasteiger partial charge in [-0.15, -0.1) is 45.3 Å². The van der Waals surface area contributed by atoms with Gasteiger partial charge >= 0.3 is 17.9 Å². The molecule has 7 N–H and O–H groups in total. The molecule has 9 aromatic rings. The second kappa shape index (κ2) is 51.7. The molecular formula is C90H123N5O18S4Si3. The van der Waals surface area contributed by atoms with E-state index < -0.39 is 48.7 Å². The Bertz CT molecular complexity index is 4410. The molecule has 0 saturated heterocycles. The summed E-state index contributed by atoms with van der Waals surface area (Å²) in [6.07, 6.45) is 4.57. The molecule has 5 aromatic carbocycles. The number of nitrogens with zero attached hydrogens (tertiary/aromatic N) is 3. The van der Waals surface area contributed by atoms with Crippen molar-refractivity contribution in [1.82, 2.24) is 11.0 Å². The van der Waals surface area contributed by atoms with E-state index in [2.05, 4.69) is 149 Å². The maximum absolute atomic E-state index is 13.1. The summed E-state index contributed by atoms with van der Waals surface area (Å²) in [5, 5.41) is 44.0. The van der Waals surface area contributed by atoms with Gasteiger partial charge in [0.2, 0.25) is 17.7 Å². The smallest absolute Gasteiger partial charge is 0.348 e. The maximum atomic E-state index is 13.1. The minimum atomic E-state index is -1.90. The third-order valence-electron chi connectivity index (χ3n) is 20.2. The summed E-state index contributed by atoms with van der Waals surface area (Å²) in [4.78, 5) is 104. The highest BCUT2D eigenvalue weighted by molar-refractivity contribution is 7.15. The van der Waals surface area contributed by atoms with Crippen LogP contribution in [0, 0.1) is 0 Å². The lowest BCUT2D eigenvalue weighted by Crippen LogP contribution is -2.43.